The molecule has 0 saturated carbocycles. The summed E-state index contributed by atoms with van der Waals surface area (Å²) in [6.07, 6.45) is 0. The summed E-state index contributed by atoms with van der Waals surface area (Å²) >= 11 is -0.826. The van der Waals surface area contributed by atoms with E-state index < -0.39 is 29.1 Å². The summed E-state index contributed by atoms with van der Waals surface area (Å²) < 4.78 is 2.60. The Hall–Kier alpha value is 1.65. The van der Waals surface area contributed by atoms with Crippen LogP contribution in [0.4, 0.5) is 0 Å². The van der Waals surface area contributed by atoms with Gasteiger partial charge < -0.3 is 24.7 Å². The van der Waals surface area contributed by atoms with E-state index in [1.165, 1.54) is 0 Å². The Morgan fingerprint density at radius 1 is 0.833 bits per heavy atom. The zero-order valence-electron chi connectivity index (χ0n) is 22.0. The monoisotopic (exact) mass is 552 g/mol. The van der Waals surface area contributed by atoms with Gasteiger partial charge in [0.2, 0.25) is 0 Å². The van der Waals surface area contributed by atoms with Gasteiger partial charge in [0, 0.05) is 0 Å². The number of nitrogens with zero attached hydrogens (tertiary/aromatic N) is 4. The van der Waals surface area contributed by atoms with Crippen LogP contribution in [-0.2, 0) is 20.8 Å². The molecule has 0 atom stereocenters. The molecule has 1 heterocycles. The van der Waals surface area contributed by atoms with Crippen LogP contribution in [-0.4, -0.2) is 73.3 Å². The van der Waals surface area contributed by atoms with Crippen LogP contribution < -0.4 is 0 Å². The Balaban J connectivity index is 0.00000263. The van der Waals surface area contributed by atoms with Crippen molar-refractivity contribution in [2.45, 2.75) is 119 Å². The Labute approximate surface area is 209 Å². The van der Waals surface area contributed by atoms with Gasteiger partial charge in [0.1, 0.15) is 14.0 Å². The molecular formula is C20H46B2Cl2N4SiZr-2. The van der Waals surface area contributed by atoms with Crippen molar-refractivity contribution in [2.75, 3.05) is 7.05 Å². The van der Waals surface area contributed by atoms with Crippen molar-refractivity contribution in [1.82, 2.24) is 14.3 Å². The van der Waals surface area contributed by atoms with Crippen LogP contribution in [0.1, 0.15) is 76.2 Å². The molecule has 0 N–H and O–H groups in total. The Kier molecular flexibility index (Phi) is 13.6. The van der Waals surface area contributed by atoms with E-state index in [1.807, 2.05) is 0 Å². The van der Waals surface area contributed by atoms with Gasteiger partial charge in [-0.05, 0) is 31.2 Å². The molecule has 0 aromatic rings. The van der Waals surface area contributed by atoms with Gasteiger partial charge in [-0.3, -0.25) is 0 Å². The molecular weight excluding hydrogens is 508 g/mol. The fraction of sp³-hybridized carbons (Fsp3) is 0.950. The van der Waals surface area contributed by atoms with Crippen molar-refractivity contribution in [1.29, 1.82) is 0 Å². The van der Waals surface area contributed by atoms with Gasteiger partial charge in [-0.15, -0.1) is 18.6 Å². The Morgan fingerprint density at radius 3 is 1.30 bits per heavy atom. The predicted molar refractivity (Wildman–Crippen MR) is 139 cm³/mol. The maximum atomic E-state index is 5.42. The number of hydrogen-bond acceptors (Lipinski definition) is 3. The molecule has 176 valence electrons. The second kappa shape index (κ2) is 12.9. The fourth-order valence-electron chi connectivity index (χ4n) is 5.22. The summed E-state index contributed by atoms with van der Waals surface area (Å²) in [6, 6.07) is 2.05. The SMILES string of the molecule is CC(C)N(B1[C-]([Si](C)(C)[N-]C(C)(C)C)B(N(C(C)C)C(C)C)N1C)C(C)C.[Cl][Zr][Cl]. The Morgan fingerprint density at radius 2 is 1.10 bits per heavy atom. The van der Waals surface area contributed by atoms with Gasteiger partial charge in [0.25, 0.3) is 0 Å². The van der Waals surface area contributed by atoms with E-state index in [9.17, 15) is 0 Å². The molecule has 1 aliphatic heterocycles. The van der Waals surface area contributed by atoms with Crippen LogP contribution in [0, 0.1) is 5.34 Å². The second-order valence-corrected chi connectivity index (χ2v) is 18.7. The van der Waals surface area contributed by atoms with Gasteiger partial charge in [-0.1, -0.05) is 76.2 Å². The summed E-state index contributed by atoms with van der Waals surface area (Å²) in [5, 5.41) is 1.68. The molecule has 1 rings (SSSR count). The van der Waals surface area contributed by atoms with Crippen molar-refractivity contribution < 1.29 is 20.8 Å². The van der Waals surface area contributed by atoms with Gasteiger partial charge in [-0.25, -0.2) is 8.24 Å². The molecule has 0 aliphatic carbocycles. The molecule has 0 spiro atoms. The normalized spacial score (nSPS) is 16.9. The summed E-state index contributed by atoms with van der Waals surface area (Å²) in [7, 11) is 10.3. The first kappa shape index (κ1) is 31.6. The van der Waals surface area contributed by atoms with E-state index >= 15 is 0 Å². The van der Waals surface area contributed by atoms with Crippen LogP contribution >= 0.6 is 17.0 Å². The van der Waals surface area contributed by atoms with Crippen molar-refractivity contribution in [3.05, 3.63) is 10.3 Å². The van der Waals surface area contributed by atoms with Crippen LogP contribution in [0.2, 0.25) is 13.1 Å². The second-order valence-electron chi connectivity index (χ2n) is 11.1. The van der Waals surface area contributed by atoms with Crippen LogP contribution in [0.3, 0.4) is 0 Å². The van der Waals surface area contributed by atoms with E-state index in [0.29, 0.717) is 38.1 Å². The first-order chi connectivity index (χ1) is 13.4. The topological polar surface area (TPSA) is 23.8 Å². The van der Waals surface area contributed by atoms with Crippen LogP contribution in [0.5, 0.6) is 0 Å². The van der Waals surface area contributed by atoms with E-state index in [1.54, 1.807) is 5.34 Å². The number of hydrogen-bond donors (Lipinski definition) is 0. The van der Waals surface area contributed by atoms with E-state index in [2.05, 4.69) is 111 Å². The predicted octanol–water partition coefficient (Wildman–Crippen LogP) is 6.09. The molecule has 10 heteroatoms. The molecule has 0 aromatic carbocycles. The average molecular weight is 554 g/mol. The summed E-state index contributed by atoms with van der Waals surface area (Å²) in [5.74, 6) is 0. The molecule has 30 heavy (non-hydrogen) atoms. The third kappa shape index (κ3) is 8.46. The standard InChI is InChI=1S/C20H46B2N4Si.2ClH.Zr/c1-15(2)25(16(3)4)21-19(27(13,14)23-20(9,10)11)22(24(21)12)26(17(5)6)18(7)8;;;/h15-18H,1-14H3;2*1H;/q-2;;;+2/p-2. The quantitative estimate of drug-likeness (QED) is 0.268. The van der Waals surface area contributed by atoms with Gasteiger partial charge in [0.15, 0.2) is 0 Å². The molecule has 1 aliphatic rings. The van der Waals surface area contributed by atoms with Crippen LogP contribution in [0.25, 0.3) is 4.98 Å². The molecule has 0 radical (unpaired) electrons. The van der Waals surface area contributed by atoms with E-state index in [0.717, 1.165) is 0 Å². The molecule has 1 fully saturated rings. The third-order valence-electron chi connectivity index (χ3n) is 5.60. The first-order valence-electron chi connectivity index (χ1n) is 11.3. The zero-order valence-corrected chi connectivity index (χ0v) is 27.0. The third-order valence-corrected chi connectivity index (χ3v) is 8.76. The minimum absolute atomic E-state index is 0.00691. The van der Waals surface area contributed by atoms with Crippen molar-refractivity contribution in [3.8, 4) is 0 Å². The molecule has 0 bridgehead atoms. The van der Waals surface area contributed by atoms with Crippen molar-refractivity contribution >= 4 is 39.2 Å². The zero-order chi connectivity index (χ0) is 24.2. The van der Waals surface area contributed by atoms with Gasteiger partial charge in [0.05, 0.1) is 0 Å². The van der Waals surface area contributed by atoms with Crippen LogP contribution in [0.15, 0.2) is 0 Å². The molecule has 0 amide bonds. The average Bonchev–Trinajstić information content (AvgIpc) is 2.49. The molecule has 0 aromatic heterocycles. The Bertz CT molecular complexity index is 464. The molecule has 0 unspecified atom stereocenters. The van der Waals surface area contributed by atoms with Crippen molar-refractivity contribution in [2.24, 2.45) is 0 Å². The summed E-state index contributed by atoms with van der Waals surface area (Å²) in [6.45, 7) is 31.1. The maximum absolute atomic E-state index is 5.42. The first-order valence-corrected chi connectivity index (χ1v) is 20.6. The summed E-state index contributed by atoms with van der Waals surface area (Å²) in [4.78, 5) is 10.8. The molecule has 4 nitrogen and oxygen atoms in total. The number of halogens is 2. The van der Waals surface area contributed by atoms with Gasteiger partial charge >= 0.3 is 37.9 Å². The van der Waals surface area contributed by atoms with E-state index in [-0.39, 0.29) is 5.54 Å². The minimum atomic E-state index is -1.92. The van der Waals surface area contributed by atoms with Gasteiger partial charge in [-0.2, -0.15) is 0 Å². The summed E-state index contributed by atoms with van der Waals surface area (Å²) in [5.41, 5.74) is 0.00691. The van der Waals surface area contributed by atoms with Crippen molar-refractivity contribution in [3.63, 3.8) is 0 Å². The number of rotatable bonds is 8. The van der Waals surface area contributed by atoms with E-state index in [4.69, 9.17) is 22.0 Å². The fourth-order valence-corrected chi connectivity index (χ4v) is 9.00. The molecule has 1 saturated heterocycles.